The van der Waals surface area contributed by atoms with E-state index in [1.54, 1.807) is 12.1 Å². The van der Waals surface area contributed by atoms with Gasteiger partial charge in [0.1, 0.15) is 0 Å². The van der Waals surface area contributed by atoms with Gasteiger partial charge in [0.2, 0.25) is 0 Å². The maximum absolute atomic E-state index is 10.6. The third-order valence-corrected chi connectivity index (χ3v) is 2.62. The summed E-state index contributed by atoms with van der Waals surface area (Å²) in [7, 11) is 0. The number of aliphatic carboxylic acids is 1. The number of carboxylic acid groups (broad SMARTS) is 1. The van der Waals surface area contributed by atoms with Crippen LogP contribution in [0, 0.1) is 0 Å². The fraction of sp³-hybridized carbons (Fsp3) is 0.0714. The van der Waals surface area contributed by atoms with E-state index < -0.39 is 5.97 Å². The maximum atomic E-state index is 10.6. The monoisotopic (exact) mass is 267 g/mol. The average molecular weight is 267 g/mol. The van der Waals surface area contributed by atoms with Crippen LogP contribution in [0.5, 0.6) is 0 Å². The summed E-state index contributed by atoms with van der Waals surface area (Å²) in [5.41, 5.74) is 8.89. The molecule has 0 radical (unpaired) electrons. The number of hydrogen-bond acceptors (Lipinski definition) is 3. The molecule has 0 saturated heterocycles. The van der Waals surface area contributed by atoms with Crippen LogP contribution >= 0.6 is 0 Å². The Kier molecular flexibility index (Phi) is 7.41. The molecule has 94 valence electrons. The third kappa shape index (κ3) is 4.36. The molecule has 2 aromatic carbocycles. The minimum absolute atomic E-state index is 0. The van der Waals surface area contributed by atoms with Crippen molar-refractivity contribution in [3.05, 3.63) is 54.1 Å². The van der Waals surface area contributed by atoms with Crippen LogP contribution in [0.25, 0.3) is 11.1 Å². The molecule has 0 amide bonds. The summed E-state index contributed by atoms with van der Waals surface area (Å²) in [6.07, 6.45) is -0.160. The number of nitrogen functional groups attached to an aromatic ring is 1. The second-order valence-corrected chi connectivity index (χ2v) is 3.79. The van der Waals surface area contributed by atoms with Gasteiger partial charge in [0.05, 0.1) is 0 Å². The Balaban J connectivity index is 0.00000162. The molecule has 2 rings (SSSR count). The average Bonchev–Trinajstić information content (AvgIpc) is 2.32. The fourth-order valence-electron chi connectivity index (χ4n) is 1.79. The summed E-state index contributed by atoms with van der Waals surface area (Å²) in [4.78, 5) is 10.6. The summed E-state index contributed by atoms with van der Waals surface area (Å²) >= 11 is 0. The van der Waals surface area contributed by atoms with Crippen molar-refractivity contribution < 1.29 is 44.9 Å². The smallest absolute Gasteiger partial charge is 0.550 e. The van der Waals surface area contributed by atoms with Crippen LogP contribution in [0.3, 0.4) is 0 Å². The number of anilines is 1. The summed E-state index contributed by atoms with van der Waals surface area (Å²) < 4.78 is 0. The molecule has 2 aromatic rings. The quantitative estimate of drug-likeness (QED) is 0.488. The predicted octanol–water partition coefficient (Wildman–Crippen LogP) is -2.59. The van der Waals surface area contributed by atoms with E-state index in [9.17, 15) is 9.90 Å². The van der Waals surface area contributed by atoms with E-state index >= 15 is 0 Å². The first-order valence-electron chi connectivity index (χ1n) is 5.31. The van der Waals surface area contributed by atoms with Gasteiger partial charge in [-0.15, -0.1) is 0 Å². The van der Waals surface area contributed by atoms with E-state index in [1.807, 2.05) is 36.4 Å². The van der Waals surface area contributed by atoms with Crippen molar-refractivity contribution in [2.45, 2.75) is 6.42 Å². The Bertz CT molecular complexity index is 544. The van der Waals surface area contributed by atoms with E-state index in [-0.39, 0.29) is 41.5 Å². The SMILES string of the molecule is Nc1c(CC(=O)[O-])cccc1-c1ccccc1.O.[Na+]. The Morgan fingerprint density at radius 3 is 2.26 bits per heavy atom. The molecule has 4 N–H and O–H groups in total. The molecule has 5 heteroatoms. The third-order valence-electron chi connectivity index (χ3n) is 2.62. The molecule has 0 aliphatic rings. The first-order chi connectivity index (χ1) is 8.18. The first kappa shape index (κ1) is 17.7. The fourth-order valence-corrected chi connectivity index (χ4v) is 1.79. The summed E-state index contributed by atoms with van der Waals surface area (Å²) in [6, 6.07) is 15.0. The van der Waals surface area contributed by atoms with Crippen molar-refractivity contribution in [3.63, 3.8) is 0 Å². The first-order valence-corrected chi connectivity index (χ1v) is 5.31. The number of carbonyl (C=O) groups excluding carboxylic acids is 1. The topological polar surface area (TPSA) is 97.7 Å². The molecule has 0 saturated carbocycles. The van der Waals surface area contributed by atoms with Crippen molar-refractivity contribution in [1.82, 2.24) is 0 Å². The van der Waals surface area contributed by atoms with Gasteiger partial charge in [-0.05, 0) is 11.1 Å². The molecular weight excluding hydrogens is 253 g/mol. The summed E-state index contributed by atoms with van der Waals surface area (Å²) in [6.45, 7) is 0. The molecular formula is C14H14NNaO3. The zero-order valence-corrected chi connectivity index (χ0v) is 12.7. The molecule has 0 spiro atoms. The molecule has 0 aliphatic heterocycles. The number of para-hydroxylation sites is 1. The molecule has 0 unspecified atom stereocenters. The molecule has 19 heavy (non-hydrogen) atoms. The number of benzene rings is 2. The standard InChI is InChI=1S/C14H13NO2.Na.H2O/c15-14-11(9-13(16)17)7-4-8-12(14)10-5-2-1-3-6-10;;/h1-8H,9,15H2,(H,16,17);;1H2/q;+1;/p-1. The molecule has 0 heterocycles. The zero-order chi connectivity index (χ0) is 12.3. The molecule has 0 bridgehead atoms. The maximum Gasteiger partial charge on any atom is 1.00 e. The second-order valence-electron chi connectivity index (χ2n) is 3.79. The minimum Gasteiger partial charge on any atom is -0.550 e. The van der Waals surface area contributed by atoms with Crippen LogP contribution < -0.4 is 40.4 Å². The molecule has 0 fully saturated rings. The van der Waals surface area contributed by atoms with Crippen molar-refractivity contribution in [2.75, 3.05) is 5.73 Å². The van der Waals surface area contributed by atoms with E-state index in [0.717, 1.165) is 11.1 Å². The normalized spacial score (nSPS) is 9.05. The van der Waals surface area contributed by atoms with Crippen LogP contribution in [0.2, 0.25) is 0 Å². The van der Waals surface area contributed by atoms with Crippen LogP contribution in [0.15, 0.2) is 48.5 Å². The van der Waals surface area contributed by atoms with Crippen LogP contribution in [-0.4, -0.2) is 11.4 Å². The second kappa shape index (κ2) is 7.96. The molecule has 0 aliphatic carbocycles. The van der Waals surface area contributed by atoms with E-state index in [2.05, 4.69) is 0 Å². The van der Waals surface area contributed by atoms with Crippen LogP contribution in [-0.2, 0) is 11.2 Å². The Labute approximate surface area is 133 Å². The van der Waals surface area contributed by atoms with Gasteiger partial charge in [-0.25, -0.2) is 0 Å². The summed E-state index contributed by atoms with van der Waals surface area (Å²) in [5.74, 6) is -1.12. The number of rotatable bonds is 3. The Morgan fingerprint density at radius 2 is 1.68 bits per heavy atom. The van der Waals surface area contributed by atoms with Crippen molar-refractivity contribution >= 4 is 11.7 Å². The number of nitrogens with two attached hydrogens (primary N) is 1. The van der Waals surface area contributed by atoms with Crippen LogP contribution in [0.4, 0.5) is 5.69 Å². The van der Waals surface area contributed by atoms with Gasteiger partial charge in [0, 0.05) is 23.6 Å². The van der Waals surface area contributed by atoms with E-state index in [0.29, 0.717) is 11.3 Å². The van der Waals surface area contributed by atoms with Gasteiger partial charge in [-0.3, -0.25) is 0 Å². The van der Waals surface area contributed by atoms with Gasteiger partial charge < -0.3 is 21.1 Å². The zero-order valence-electron chi connectivity index (χ0n) is 10.7. The minimum atomic E-state index is -1.12. The molecule has 4 nitrogen and oxygen atoms in total. The Hall–Kier alpha value is -1.33. The Morgan fingerprint density at radius 1 is 1.05 bits per heavy atom. The number of carbonyl (C=O) groups is 1. The van der Waals surface area contributed by atoms with E-state index in [4.69, 9.17) is 5.73 Å². The van der Waals surface area contributed by atoms with Gasteiger partial charge in [0.25, 0.3) is 0 Å². The van der Waals surface area contributed by atoms with Gasteiger partial charge >= 0.3 is 29.6 Å². The largest absolute Gasteiger partial charge is 1.00 e. The van der Waals surface area contributed by atoms with Gasteiger partial charge in [-0.1, -0.05) is 48.5 Å². The number of carboxylic acids is 1. The molecule has 0 aromatic heterocycles. The van der Waals surface area contributed by atoms with Crippen molar-refractivity contribution in [3.8, 4) is 11.1 Å². The van der Waals surface area contributed by atoms with Gasteiger partial charge in [0.15, 0.2) is 0 Å². The summed E-state index contributed by atoms with van der Waals surface area (Å²) in [5, 5.41) is 10.6. The van der Waals surface area contributed by atoms with Crippen molar-refractivity contribution in [1.29, 1.82) is 0 Å². The van der Waals surface area contributed by atoms with Crippen LogP contribution in [0.1, 0.15) is 5.56 Å². The predicted molar refractivity (Wildman–Crippen MR) is 68.6 cm³/mol. The molecule has 0 atom stereocenters. The number of hydrogen-bond donors (Lipinski definition) is 1. The van der Waals surface area contributed by atoms with Crippen molar-refractivity contribution in [2.24, 2.45) is 0 Å². The van der Waals surface area contributed by atoms with E-state index in [1.165, 1.54) is 0 Å². The van der Waals surface area contributed by atoms with Gasteiger partial charge in [-0.2, -0.15) is 0 Å².